The molecule has 0 fully saturated rings. The van der Waals surface area contributed by atoms with Gasteiger partial charge >= 0.3 is 6.09 Å². The standard InChI is InChI=1S/C14H26N4O2/c1-10(2)11(6-15-12-8-17-18-9-12)7-16-13(19)20-14(3,4)5/h8-11,15H,6-7H2,1-5H3,(H,16,19)(H,17,18). The highest BCUT2D eigenvalue weighted by molar-refractivity contribution is 5.67. The Hall–Kier alpha value is -1.72. The quantitative estimate of drug-likeness (QED) is 0.749. The van der Waals surface area contributed by atoms with Crippen molar-refractivity contribution in [3.05, 3.63) is 12.4 Å². The van der Waals surface area contributed by atoms with Crippen LogP contribution in [-0.4, -0.2) is 35.0 Å². The second-order valence-corrected chi connectivity index (χ2v) is 6.25. The molecule has 0 aromatic carbocycles. The lowest BCUT2D eigenvalue weighted by Gasteiger charge is -2.24. The molecular weight excluding hydrogens is 256 g/mol. The zero-order chi connectivity index (χ0) is 15.2. The Morgan fingerprint density at radius 1 is 1.40 bits per heavy atom. The zero-order valence-electron chi connectivity index (χ0n) is 13.0. The molecule has 1 aromatic heterocycles. The molecule has 0 aliphatic heterocycles. The Labute approximate surface area is 120 Å². The number of nitrogens with zero attached hydrogens (tertiary/aromatic N) is 1. The molecule has 1 amide bonds. The number of ether oxygens (including phenoxy) is 1. The van der Waals surface area contributed by atoms with Gasteiger partial charge in [0.2, 0.25) is 0 Å². The number of anilines is 1. The number of carbonyl (C=O) groups excluding carboxylic acids is 1. The van der Waals surface area contributed by atoms with Gasteiger partial charge in [-0.15, -0.1) is 0 Å². The number of hydrogen-bond acceptors (Lipinski definition) is 4. The molecule has 6 nitrogen and oxygen atoms in total. The fraction of sp³-hybridized carbons (Fsp3) is 0.714. The lowest BCUT2D eigenvalue weighted by atomic mass is 9.96. The summed E-state index contributed by atoms with van der Waals surface area (Å²) in [5, 5.41) is 12.8. The number of carbonyl (C=O) groups is 1. The van der Waals surface area contributed by atoms with Gasteiger partial charge in [-0.2, -0.15) is 5.10 Å². The summed E-state index contributed by atoms with van der Waals surface area (Å²) in [5.74, 6) is 0.766. The van der Waals surface area contributed by atoms with E-state index < -0.39 is 5.60 Å². The van der Waals surface area contributed by atoms with Crippen LogP contribution in [0.5, 0.6) is 0 Å². The smallest absolute Gasteiger partial charge is 0.407 e. The number of H-pyrrole nitrogens is 1. The largest absolute Gasteiger partial charge is 0.444 e. The van der Waals surface area contributed by atoms with Crippen LogP contribution in [-0.2, 0) is 4.74 Å². The molecule has 0 bridgehead atoms. The van der Waals surface area contributed by atoms with Crippen LogP contribution in [0.4, 0.5) is 10.5 Å². The van der Waals surface area contributed by atoms with Gasteiger partial charge in [0.25, 0.3) is 0 Å². The Morgan fingerprint density at radius 2 is 2.10 bits per heavy atom. The lowest BCUT2D eigenvalue weighted by Crippen LogP contribution is -2.38. The van der Waals surface area contributed by atoms with E-state index in [0.29, 0.717) is 18.4 Å². The van der Waals surface area contributed by atoms with Crippen LogP contribution >= 0.6 is 0 Å². The monoisotopic (exact) mass is 282 g/mol. The molecule has 1 rings (SSSR count). The summed E-state index contributed by atoms with van der Waals surface area (Å²) in [6.45, 7) is 11.2. The van der Waals surface area contributed by atoms with Gasteiger partial charge in [-0.3, -0.25) is 5.10 Å². The van der Waals surface area contributed by atoms with Gasteiger partial charge in [-0.05, 0) is 32.6 Å². The van der Waals surface area contributed by atoms with Crippen molar-refractivity contribution in [3.63, 3.8) is 0 Å². The Balaban J connectivity index is 2.37. The first-order valence-corrected chi connectivity index (χ1v) is 6.97. The predicted molar refractivity (Wildman–Crippen MR) is 79.6 cm³/mol. The maximum atomic E-state index is 11.6. The van der Waals surface area contributed by atoms with Gasteiger partial charge < -0.3 is 15.4 Å². The maximum Gasteiger partial charge on any atom is 0.407 e. The molecule has 3 N–H and O–H groups in total. The van der Waals surface area contributed by atoms with E-state index in [2.05, 4.69) is 34.7 Å². The number of nitrogens with one attached hydrogen (secondary N) is 3. The van der Waals surface area contributed by atoms with Crippen molar-refractivity contribution in [3.8, 4) is 0 Å². The fourth-order valence-corrected chi connectivity index (χ4v) is 1.67. The molecule has 1 unspecified atom stereocenters. The lowest BCUT2D eigenvalue weighted by molar-refractivity contribution is 0.0516. The summed E-state index contributed by atoms with van der Waals surface area (Å²) < 4.78 is 5.23. The SMILES string of the molecule is CC(C)C(CNC(=O)OC(C)(C)C)CNc1cn[nH]c1. The van der Waals surface area contributed by atoms with E-state index in [4.69, 9.17) is 4.74 Å². The van der Waals surface area contributed by atoms with Crippen molar-refractivity contribution in [2.45, 2.75) is 40.2 Å². The van der Waals surface area contributed by atoms with Gasteiger partial charge in [0, 0.05) is 19.3 Å². The van der Waals surface area contributed by atoms with Crippen LogP contribution in [0, 0.1) is 11.8 Å². The Morgan fingerprint density at radius 3 is 2.60 bits per heavy atom. The molecule has 6 heteroatoms. The summed E-state index contributed by atoms with van der Waals surface area (Å²) >= 11 is 0. The van der Waals surface area contributed by atoms with Gasteiger partial charge in [-0.1, -0.05) is 13.8 Å². The molecule has 1 heterocycles. The number of amides is 1. The summed E-state index contributed by atoms with van der Waals surface area (Å²) in [6, 6.07) is 0. The highest BCUT2D eigenvalue weighted by Gasteiger charge is 2.19. The van der Waals surface area contributed by atoms with Crippen LogP contribution in [0.2, 0.25) is 0 Å². The summed E-state index contributed by atoms with van der Waals surface area (Å²) in [6.07, 6.45) is 3.17. The number of aromatic amines is 1. The Bertz CT molecular complexity index is 396. The summed E-state index contributed by atoms with van der Waals surface area (Å²) in [7, 11) is 0. The average molecular weight is 282 g/mol. The van der Waals surface area contributed by atoms with E-state index in [1.807, 2.05) is 20.8 Å². The molecule has 114 valence electrons. The third-order valence-corrected chi connectivity index (χ3v) is 2.92. The topological polar surface area (TPSA) is 79.0 Å². The van der Waals surface area contributed by atoms with E-state index in [1.165, 1.54) is 0 Å². The van der Waals surface area contributed by atoms with Crippen LogP contribution in [0.3, 0.4) is 0 Å². The van der Waals surface area contributed by atoms with E-state index in [-0.39, 0.29) is 6.09 Å². The van der Waals surface area contributed by atoms with E-state index >= 15 is 0 Å². The van der Waals surface area contributed by atoms with Gasteiger partial charge in [0.1, 0.15) is 5.60 Å². The van der Waals surface area contributed by atoms with E-state index in [0.717, 1.165) is 12.2 Å². The van der Waals surface area contributed by atoms with Crippen molar-refractivity contribution < 1.29 is 9.53 Å². The van der Waals surface area contributed by atoms with Crippen molar-refractivity contribution in [1.29, 1.82) is 0 Å². The minimum absolute atomic E-state index is 0.317. The number of alkyl carbamates (subject to hydrolysis) is 1. The molecule has 20 heavy (non-hydrogen) atoms. The number of aromatic nitrogens is 2. The first-order chi connectivity index (χ1) is 9.28. The van der Waals surface area contributed by atoms with Gasteiger partial charge in [0.05, 0.1) is 11.9 Å². The summed E-state index contributed by atoms with van der Waals surface area (Å²) in [5.41, 5.74) is 0.486. The molecule has 0 radical (unpaired) electrons. The van der Waals surface area contributed by atoms with Crippen LogP contribution in [0.25, 0.3) is 0 Å². The molecule has 0 aliphatic carbocycles. The van der Waals surface area contributed by atoms with Crippen molar-refractivity contribution in [2.75, 3.05) is 18.4 Å². The molecule has 0 spiro atoms. The zero-order valence-corrected chi connectivity index (χ0v) is 13.0. The predicted octanol–water partition coefficient (Wildman–Crippen LogP) is 2.62. The van der Waals surface area contributed by atoms with E-state index in [1.54, 1.807) is 12.4 Å². The Kier molecular flexibility index (Phi) is 5.85. The van der Waals surface area contributed by atoms with Crippen molar-refractivity contribution in [2.24, 2.45) is 11.8 Å². The van der Waals surface area contributed by atoms with Crippen molar-refractivity contribution >= 4 is 11.8 Å². The van der Waals surface area contributed by atoms with Crippen molar-refractivity contribution in [1.82, 2.24) is 15.5 Å². The second kappa shape index (κ2) is 7.17. The first-order valence-electron chi connectivity index (χ1n) is 6.97. The molecular formula is C14H26N4O2. The highest BCUT2D eigenvalue weighted by Crippen LogP contribution is 2.12. The number of rotatable bonds is 6. The minimum Gasteiger partial charge on any atom is -0.444 e. The van der Waals surface area contributed by atoms with Gasteiger partial charge in [0.15, 0.2) is 0 Å². The molecule has 0 saturated carbocycles. The highest BCUT2D eigenvalue weighted by atomic mass is 16.6. The third kappa shape index (κ3) is 6.45. The van der Waals surface area contributed by atoms with Crippen LogP contribution in [0.1, 0.15) is 34.6 Å². The molecule has 0 aliphatic rings. The maximum absolute atomic E-state index is 11.6. The third-order valence-electron chi connectivity index (χ3n) is 2.92. The second-order valence-electron chi connectivity index (χ2n) is 6.25. The number of hydrogen-bond donors (Lipinski definition) is 3. The fourth-order valence-electron chi connectivity index (χ4n) is 1.67. The summed E-state index contributed by atoms with van der Waals surface area (Å²) in [4.78, 5) is 11.6. The first kappa shape index (κ1) is 16.3. The molecule has 0 saturated heterocycles. The average Bonchev–Trinajstić information content (AvgIpc) is 2.78. The van der Waals surface area contributed by atoms with Gasteiger partial charge in [-0.25, -0.2) is 4.79 Å². The van der Waals surface area contributed by atoms with Crippen LogP contribution in [0.15, 0.2) is 12.4 Å². The minimum atomic E-state index is -0.466. The molecule has 1 aromatic rings. The molecule has 1 atom stereocenters. The van der Waals surface area contributed by atoms with E-state index in [9.17, 15) is 4.79 Å². The van der Waals surface area contributed by atoms with Crippen LogP contribution < -0.4 is 10.6 Å². The normalized spacial score (nSPS) is 13.1.